The van der Waals surface area contributed by atoms with Crippen molar-refractivity contribution >= 4 is 41.0 Å². The maximum absolute atomic E-state index is 2.57. The highest BCUT2D eigenvalue weighted by Crippen LogP contribution is 2.42. The Morgan fingerprint density at radius 1 is 0.680 bits per heavy atom. The van der Waals surface area contributed by atoms with Crippen LogP contribution in [0.5, 0.6) is 0 Å². The molecule has 0 amide bonds. The summed E-state index contributed by atoms with van der Waals surface area (Å²) in [6.07, 6.45) is 0. The Bertz CT molecular complexity index is 897. The van der Waals surface area contributed by atoms with Gasteiger partial charge in [-0.1, -0.05) is 72.8 Å². The van der Waals surface area contributed by atoms with Crippen molar-refractivity contribution in [2.45, 2.75) is 13.8 Å². The van der Waals surface area contributed by atoms with Crippen LogP contribution in [-0.4, -0.2) is 7.74 Å². The van der Waals surface area contributed by atoms with E-state index in [4.69, 9.17) is 0 Å². The Kier molecular flexibility index (Phi) is 4.51. The fraction of sp³-hybridized carbons (Fsp3) is 0.0909. The van der Waals surface area contributed by atoms with Crippen molar-refractivity contribution in [3.05, 3.63) is 101 Å². The molecule has 0 N–H and O–H groups in total. The number of rotatable bonds is 4. The maximum Gasteiger partial charge on any atom is 0.209 e. The van der Waals surface area contributed by atoms with Crippen LogP contribution in [0.3, 0.4) is 0 Å². The highest BCUT2D eigenvalue weighted by molar-refractivity contribution is 7.97. The third kappa shape index (κ3) is 2.75. The van der Waals surface area contributed by atoms with Gasteiger partial charge in [0.2, 0.25) is 7.74 Å². The molecule has 0 bridgehead atoms. The smallest absolute Gasteiger partial charge is 0.152 e. The van der Waals surface area contributed by atoms with Crippen molar-refractivity contribution in [1.82, 2.24) is 0 Å². The Labute approximate surface area is 155 Å². The van der Waals surface area contributed by atoms with Crippen molar-refractivity contribution in [3.8, 4) is 0 Å². The fourth-order valence-corrected chi connectivity index (χ4v) is 18.2. The summed E-state index contributed by atoms with van der Waals surface area (Å²) in [6.45, 7) is 4.52. The fourth-order valence-electron chi connectivity index (χ4n) is 3.57. The van der Waals surface area contributed by atoms with E-state index in [-0.39, 0.29) is 7.08 Å². The lowest BCUT2D eigenvalue weighted by Crippen LogP contribution is -2.63. The van der Waals surface area contributed by atoms with E-state index in [9.17, 15) is 0 Å². The first kappa shape index (κ1) is 16.6. The zero-order valence-electron chi connectivity index (χ0n) is 14.5. The van der Waals surface area contributed by atoms with Gasteiger partial charge in [0, 0.05) is 4.50 Å². The van der Waals surface area contributed by atoms with Crippen LogP contribution < -0.4 is 14.9 Å². The van der Waals surface area contributed by atoms with Gasteiger partial charge < -0.3 is 0 Å². The molecular weight excluding hydrogens is 355 g/mol. The Balaban J connectivity index is 2.12. The second-order valence-electron chi connectivity index (χ2n) is 6.45. The van der Waals surface area contributed by atoms with E-state index < -0.39 is 7.74 Å². The molecule has 2 aromatic heterocycles. The molecule has 2 aromatic carbocycles. The first-order valence-electron chi connectivity index (χ1n) is 8.53. The summed E-state index contributed by atoms with van der Waals surface area (Å²) in [5.74, 6) is 5.13. The SMILES string of the molecule is Cc1cp([Si](c2ccccc2)(c2ccccc2)c2cccs2)cc1C. The van der Waals surface area contributed by atoms with Crippen molar-refractivity contribution < 1.29 is 0 Å². The summed E-state index contributed by atoms with van der Waals surface area (Å²) in [4.78, 5) is 0. The molecular formula is C22H21PSSi. The Hall–Kier alpha value is -1.86. The molecule has 2 heterocycles. The van der Waals surface area contributed by atoms with Crippen molar-refractivity contribution in [2.75, 3.05) is 0 Å². The molecule has 0 atom stereocenters. The van der Waals surface area contributed by atoms with E-state index in [1.54, 1.807) is 4.50 Å². The predicted molar refractivity (Wildman–Crippen MR) is 116 cm³/mol. The van der Waals surface area contributed by atoms with Crippen LogP contribution in [0.25, 0.3) is 0 Å². The van der Waals surface area contributed by atoms with Crippen LogP contribution in [0.15, 0.2) is 89.8 Å². The van der Waals surface area contributed by atoms with Gasteiger partial charge in [0.05, 0.1) is 0 Å². The van der Waals surface area contributed by atoms with E-state index in [1.165, 1.54) is 21.5 Å². The summed E-state index contributed by atoms with van der Waals surface area (Å²) in [7, 11) is -2.44. The molecule has 0 aliphatic carbocycles. The zero-order chi connectivity index (χ0) is 17.3. The Morgan fingerprint density at radius 2 is 1.20 bits per heavy atom. The molecule has 0 fully saturated rings. The highest BCUT2D eigenvalue weighted by atomic mass is 32.1. The molecule has 0 saturated heterocycles. The van der Waals surface area contributed by atoms with Gasteiger partial charge in [-0.05, 0) is 52.3 Å². The number of hydrogen-bond acceptors (Lipinski definition) is 1. The molecule has 4 aromatic rings. The summed E-state index contributed by atoms with van der Waals surface area (Å²) < 4.78 is 1.56. The van der Waals surface area contributed by atoms with Gasteiger partial charge in [-0.3, -0.25) is 0 Å². The van der Waals surface area contributed by atoms with Crippen LogP contribution in [0.1, 0.15) is 11.1 Å². The van der Waals surface area contributed by atoms with Gasteiger partial charge in [-0.25, -0.2) is 0 Å². The topological polar surface area (TPSA) is 0 Å². The summed E-state index contributed by atoms with van der Waals surface area (Å²) >= 11 is 1.93. The van der Waals surface area contributed by atoms with Gasteiger partial charge >= 0.3 is 0 Å². The van der Waals surface area contributed by atoms with Gasteiger partial charge in [0.15, 0.2) is 0 Å². The van der Waals surface area contributed by atoms with Crippen LogP contribution in [0, 0.1) is 13.8 Å². The van der Waals surface area contributed by atoms with Crippen LogP contribution in [0.2, 0.25) is 0 Å². The quantitative estimate of drug-likeness (QED) is 0.446. The lowest BCUT2D eigenvalue weighted by molar-refractivity contribution is 1.41. The zero-order valence-corrected chi connectivity index (χ0v) is 17.2. The number of benzene rings is 2. The normalized spacial score (nSPS) is 11.6. The van der Waals surface area contributed by atoms with E-state index in [2.05, 4.69) is 104 Å². The van der Waals surface area contributed by atoms with E-state index >= 15 is 0 Å². The van der Waals surface area contributed by atoms with Crippen LogP contribution >= 0.6 is 18.4 Å². The largest absolute Gasteiger partial charge is 0.209 e. The standard InChI is InChI=1S/C22H21PSSi/c1-18-16-23(17-19(18)2)25(22-14-9-15-24-22,20-10-5-3-6-11-20)21-12-7-4-8-13-21/h3-17H,1-2H3. The molecule has 4 rings (SSSR count). The average Bonchev–Trinajstić information content (AvgIpc) is 3.29. The molecule has 0 aliphatic rings. The molecule has 0 spiro atoms. The molecule has 0 radical (unpaired) electrons. The minimum Gasteiger partial charge on any atom is -0.152 e. The van der Waals surface area contributed by atoms with Crippen molar-refractivity contribution in [3.63, 3.8) is 0 Å². The molecule has 124 valence electrons. The first-order valence-corrected chi connectivity index (χ1v) is 13.7. The molecule has 3 heteroatoms. The molecule has 0 saturated carbocycles. The van der Waals surface area contributed by atoms with E-state index in [0.717, 1.165) is 0 Å². The second-order valence-corrected chi connectivity index (χ2v) is 15.8. The molecule has 0 nitrogen and oxygen atoms in total. The molecule has 0 unspecified atom stereocenters. The molecule has 25 heavy (non-hydrogen) atoms. The maximum atomic E-state index is 2.57. The van der Waals surface area contributed by atoms with Gasteiger partial charge in [-0.2, -0.15) is 11.3 Å². The van der Waals surface area contributed by atoms with Crippen molar-refractivity contribution in [1.29, 1.82) is 0 Å². The number of hydrogen-bond donors (Lipinski definition) is 0. The minimum atomic E-state index is -2.09. The third-order valence-electron chi connectivity index (χ3n) is 4.94. The average molecular weight is 377 g/mol. The minimum absolute atomic E-state index is 0.349. The molecule has 0 aliphatic heterocycles. The van der Waals surface area contributed by atoms with Crippen LogP contribution in [0.4, 0.5) is 0 Å². The van der Waals surface area contributed by atoms with Crippen LogP contribution in [-0.2, 0) is 0 Å². The first-order chi connectivity index (χ1) is 12.2. The second kappa shape index (κ2) is 6.80. The van der Waals surface area contributed by atoms with Gasteiger partial charge in [0.25, 0.3) is 0 Å². The summed E-state index contributed by atoms with van der Waals surface area (Å²) in [5.41, 5.74) is 2.90. The van der Waals surface area contributed by atoms with E-state index in [1.807, 2.05) is 11.3 Å². The van der Waals surface area contributed by atoms with Crippen molar-refractivity contribution in [2.24, 2.45) is 0 Å². The summed E-state index contributed by atoms with van der Waals surface area (Å²) in [5, 5.41) is 5.27. The monoisotopic (exact) mass is 376 g/mol. The van der Waals surface area contributed by atoms with E-state index in [0.29, 0.717) is 0 Å². The highest BCUT2D eigenvalue weighted by Gasteiger charge is 2.42. The number of aryl methyl sites for hydroxylation is 2. The third-order valence-corrected chi connectivity index (χ3v) is 18.0. The summed E-state index contributed by atoms with van der Waals surface area (Å²) in [6, 6.07) is 27.1. The van der Waals surface area contributed by atoms with Gasteiger partial charge in [-0.15, -0.1) is 7.08 Å². The Morgan fingerprint density at radius 3 is 1.64 bits per heavy atom. The predicted octanol–water partition coefficient (Wildman–Crippen LogP) is 4.87. The van der Waals surface area contributed by atoms with Gasteiger partial charge in [0.1, 0.15) is 0 Å². The lowest BCUT2D eigenvalue weighted by Gasteiger charge is -2.32. The number of thiophene rings is 1. The lowest BCUT2D eigenvalue weighted by atomic mass is 10.2.